The quantitative estimate of drug-likeness (QED) is 0.625. The van der Waals surface area contributed by atoms with E-state index < -0.39 is 22.2 Å². The molecule has 0 amide bonds. The zero-order chi connectivity index (χ0) is 13.8. The number of esters is 1. The summed E-state index contributed by atoms with van der Waals surface area (Å²) >= 11 is 0. The normalized spacial score (nSPS) is 12.8. The van der Waals surface area contributed by atoms with Crippen molar-refractivity contribution in [3.8, 4) is 5.75 Å². The Labute approximate surface area is 105 Å². The first-order chi connectivity index (χ1) is 8.33. The van der Waals surface area contributed by atoms with Crippen molar-refractivity contribution in [2.45, 2.75) is 13.0 Å². The van der Waals surface area contributed by atoms with Crippen LogP contribution in [0.4, 0.5) is 0 Å². The van der Waals surface area contributed by atoms with Gasteiger partial charge in [-0.15, -0.1) is 0 Å². The predicted molar refractivity (Wildman–Crippen MR) is 63.5 cm³/mol. The van der Waals surface area contributed by atoms with Crippen LogP contribution in [0.3, 0.4) is 0 Å². The predicted octanol–water partition coefficient (Wildman–Crippen LogP) is 0.622. The Morgan fingerprint density at radius 2 is 1.89 bits per heavy atom. The average molecular weight is 274 g/mol. The van der Waals surface area contributed by atoms with E-state index in [1.54, 1.807) is 6.92 Å². The number of rotatable bonds is 5. The maximum Gasteiger partial charge on any atom is 0.339 e. The van der Waals surface area contributed by atoms with Crippen molar-refractivity contribution in [1.29, 1.82) is 0 Å². The van der Waals surface area contributed by atoms with Crippen LogP contribution < -0.4 is 4.18 Å². The summed E-state index contributed by atoms with van der Waals surface area (Å²) in [5.41, 5.74) is 0.300. The molecule has 0 aliphatic heterocycles. The van der Waals surface area contributed by atoms with Gasteiger partial charge in [0.25, 0.3) is 0 Å². The Morgan fingerprint density at radius 3 is 2.33 bits per heavy atom. The second kappa shape index (κ2) is 5.83. The number of ether oxygens (including phenoxy) is 1. The van der Waals surface area contributed by atoms with Gasteiger partial charge < -0.3 is 14.0 Å². The van der Waals surface area contributed by atoms with Crippen LogP contribution in [0.15, 0.2) is 24.3 Å². The molecule has 0 saturated heterocycles. The molecule has 0 radical (unpaired) electrons. The van der Waals surface area contributed by atoms with Crippen molar-refractivity contribution in [3.05, 3.63) is 29.8 Å². The maximum absolute atomic E-state index is 11.3. The van der Waals surface area contributed by atoms with Crippen LogP contribution in [-0.4, -0.2) is 32.4 Å². The minimum absolute atomic E-state index is 0.109. The summed E-state index contributed by atoms with van der Waals surface area (Å²) in [5, 5.41) is 9.61. The van der Waals surface area contributed by atoms with Gasteiger partial charge in [-0.25, -0.2) is 4.79 Å². The van der Waals surface area contributed by atoms with Crippen molar-refractivity contribution in [3.63, 3.8) is 0 Å². The first kappa shape index (κ1) is 14.5. The second-order valence-corrected chi connectivity index (χ2v) is 5.09. The average Bonchev–Trinajstić information content (AvgIpc) is 2.27. The molecule has 0 bridgehead atoms. The van der Waals surface area contributed by atoms with Gasteiger partial charge in [-0.3, -0.25) is 0 Å². The SMILES string of the molecule is CCOC(=O)C(O)c1ccc(OS(C)(=O)=O)cc1. The molecule has 1 aromatic carbocycles. The van der Waals surface area contributed by atoms with Gasteiger partial charge in [0.05, 0.1) is 12.9 Å². The molecule has 0 spiro atoms. The van der Waals surface area contributed by atoms with Crippen LogP contribution in [-0.2, 0) is 19.6 Å². The topological polar surface area (TPSA) is 89.9 Å². The van der Waals surface area contributed by atoms with Crippen molar-refractivity contribution >= 4 is 16.1 Å². The van der Waals surface area contributed by atoms with Crippen molar-refractivity contribution in [2.24, 2.45) is 0 Å². The van der Waals surface area contributed by atoms with Crippen LogP contribution in [0.25, 0.3) is 0 Å². The highest BCUT2D eigenvalue weighted by atomic mass is 32.2. The van der Waals surface area contributed by atoms with E-state index in [4.69, 9.17) is 0 Å². The summed E-state index contributed by atoms with van der Waals surface area (Å²) in [7, 11) is -3.59. The lowest BCUT2D eigenvalue weighted by molar-refractivity contribution is -0.153. The van der Waals surface area contributed by atoms with E-state index in [0.717, 1.165) is 6.26 Å². The minimum Gasteiger partial charge on any atom is -0.464 e. The molecular weight excluding hydrogens is 260 g/mol. The Balaban J connectivity index is 2.79. The standard InChI is InChI=1S/C11H14O6S/c1-3-16-11(13)10(12)8-4-6-9(7-5-8)17-18(2,14)15/h4-7,10,12H,3H2,1-2H3. The number of carbonyl (C=O) groups excluding carboxylic acids is 1. The molecule has 1 atom stereocenters. The lowest BCUT2D eigenvalue weighted by atomic mass is 10.1. The van der Waals surface area contributed by atoms with Crippen LogP contribution in [0.1, 0.15) is 18.6 Å². The zero-order valence-electron chi connectivity index (χ0n) is 9.99. The van der Waals surface area contributed by atoms with E-state index in [0.29, 0.717) is 5.56 Å². The highest BCUT2D eigenvalue weighted by Crippen LogP contribution is 2.19. The molecule has 0 aliphatic carbocycles. The van der Waals surface area contributed by atoms with Crippen LogP contribution in [0.5, 0.6) is 5.75 Å². The molecule has 0 heterocycles. The van der Waals surface area contributed by atoms with E-state index in [1.807, 2.05) is 0 Å². The molecule has 6 nitrogen and oxygen atoms in total. The van der Waals surface area contributed by atoms with Crippen molar-refractivity contribution < 1.29 is 27.2 Å². The summed E-state index contributed by atoms with van der Waals surface area (Å²) in [6.45, 7) is 1.80. The Bertz CT molecular complexity index is 505. The van der Waals surface area contributed by atoms with Gasteiger partial charge in [0.15, 0.2) is 6.10 Å². The summed E-state index contributed by atoms with van der Waals surface area (Å²) < 4.78 is 31.0. The van der Waals surface area contributed by atoms with Gasteiger partial charge in [-0.2, -0.15) is 8.42 Å². The molecule has 1 aromatic rings. The molecule has 1 N–H and O–H groups in total. The third kappa shape index (κ3) is 4.34. The van der Waals surface area contributed by atoms with Gasteiger partial charge >= 0.3 is 16.1 Å². The third-order valence-corrected chi connectivity index (χ3v) is 2.45. The first-order valence-corrected chi connectivity index (χ1v) is 6.99. The molecule has 7 heteroatoms. The number of carbonyl (C=O) groups is 1. The number of aliphatic hydroxyl groups is 1. The zero-order valence-corrected chi connectivity index (χ0v) is 10.8. The van der Waals surface area contributed by atoms with Gasteiger partial charge in [-0.05, 0) is 24.6 Å². The van der Waals surface area contributed by atoms with E-state index in [1.165, 1.54) is 24.3 Å². The molecule has 1 rings (SSSR count). The fraction of sp³-hybridized carbons (Fsp3) is 0.364. The van der Waals surface area contributed by atoms with Gasteiger partial charge in [0.1, 0.15) is 5.75 Å². The lowest BCUT2D eigenvalue weighted by Crippen LogP contribution is -2.15. The summed E-state index contributed by atoms with van der Waals surface area (Å²) in [6.07, 6.45) is -0.466. The molecule has 0 saturated carbocycles. The molecular formula is C11H14O6S. The maximum atomic E-state index is 11.3. The van der Waals surface area contributed by atoms with Crippen molar-refractivity contribution in [1.82, 2.24) is 0 Å². The number of aliphatic hydroxyl groups excluding tert-OH is 1. The molecule has 100 valence electrons. The van der Waals surface area contributed by atoms with E-state index in [9.17, 15) is 18.3 Å². The first-order valence-electron chi connectivity index (χ1n) is 5.17. The largest absolute Gasteiger partial charge is 0.464 e. The summed E-state index contributed by atoms with van der Waals surface area (Å²) in [6, 6.07) is 5.47. The number of hydrogen-bond donors (Lipinski definition) is 1. The van der Waals surface area contributed by atoms with E-state index in [-0.39, 0.29) is 12.4 Å². The number of hydrogen-bond acceptors (Lipinski definition) is 6. The molecule has 18 heavy (non-hydrogen) atoms. The fourth-order valence-corrected chi connectivity index (χ4v) is 1.70. The van der Waals surface area contributed by atoms with Gasteiger partial charge in [0, 0.05) is 0 Å². The Morgan fingerprint density at radius 1 is 1.33 bits per heavy atom. The minimum atomic E-state index is -3.59. The molecule has 0 aliphatic rings. The van der Waals surface area contributed by atoms with Gasteiger partial charge in [-0.1, -0.05) is 12.1 Å². The summed E-state index contributed by atoms with van der Waals surface area (Å²) in [5.74, 6) is -0.647. The number of benzene rings is 1. The van der Waals surface area contributed by atoms with Crippen molar-refractivity contribution in [2.75, 3.05) is 12.9 Å². The van der Waals surface area contributed by atoms with Crippen LogP contribution in [0.2, 0.25) is 0 Å². The molecule has 1 unspecified atom stereocenters. The Hall–Kier alpha value is -1.60. The lowest BCUT2D eigenvalue weighted by Gasteiger charge is -2.10. The highest BCUT2D eigenvalue weighted by molar-refractivity contribution is 7.86. The van der Waals surface area contributed by atoms with Gasteiger partial charge in [0.2, 0.25) is 0 Å². The highest BCUT2D eigenvalue weighted by Gasteiger charge is 2.18. The smallest absolute Gasteiger partial charge is 0.339 e. The monoisotopic (exact) mass is 274 g/mol. The fourth-order valence-electron chi connectivity index (χ4n) is 1.24. The second-order valence-electron chi connectivity index (χ2n) is 3.51. The molecule has 0 aromatic heterocycles. The van der Waals surface area contributed by atoms with Crippen LogP contribution in [0, 0.1) is 0 Å². The summed E-state index contributed by atoms with van der Waals surface area (Å²) in [4.78, 5) is 11.3. The molecule has 0 fully saturated rings. The van der Waals surface area contributed by atoms with Crippen LogP contribution >= 0.6 is 0 Å². The Kier molecular flexibility index (Phi) is 4.69. The van der Waals surface area contributed by atoms with E-state index in [2.05, 4.69) is 8.92 Å². The van der Waals surface area contributed by atoms with E-state index >= 15 is 0 Å². The third-order valence-electron chi connectivity index (χ3n) is 1.95.